The Morgan fingerprint density at radius 2 is 2.22 bits per heavy atom. The van der Waals surface area contributed by atoms with Gasteiger partial charge in [0.05, 0.1) is 11.3 Å². The standard InChI is InChI=1S/C11H9BrClN3OS/c1-5-6(2)18-11(15-5)16-10(17)8-3-7(12)4-14-9(8)13/h3-4H,1-2H3,(H,15,16,17). The number of carbonyl (C=O) groups is 1. The van der Waals surface area contributed by atoms with Crippen molar-refractivity contribution in [2.45, 2.75) is 13.8 Å². The number of aromatic nitrogens is 2. The number of aryl methyl sites for hydroxylation is 2. The summed E-state index contributed by atoms with van der Waals surface area (Å²) in [4.78, 5) is 21.2. The maximum Gasteiger partial charge on any atom is 0.260 e. The fourth-order valence-electron chi connectivity index (χ4n) is 1.27. The highest BCUT2D eigenvalue weighted by molar-refractivity contribution is 9.10. The van der Waals surface area contributed by atoms with Gasteiger partial charge in [0.2, 0.25) is 0 Å². The third-order valence-corrected chi connectivity index (χ3v) is 4.02. The van der Waals surface area contributed by atoms with Gasteiger partial charge in [-0.15, -0.1) is 11.3 Å². The third-order valence-electron chi connectivity index (χ3n) is 2.30. The van der Waals surface area contributed by atoms with Crippen LogP contribution in [-0.2, 0) is 0 Å². The summed E-state index contributed by atoms with van der Waals surface area (Å²) in [5.41, 5.74) is 1.23. The van der Waals surface area contributed by atoms with E-state index in [9.17, 15) is 4.79 Å². The molecule has 0 fully saturated rings. The molecule has 0 aliphatic rings. The summed E-state index contributed by atoms with van der Waals surface area (Å²) >= 11 is 10.6. The van der Waals surface area contributed by atoms with E-state index in [0.29, 0.717) is 15.2 Å². The number of hydrogen-bond donors (Lipinski definition) is 1. The Bertz CT molecular complexity index is 595. The van der Waals surface area contributed by atoms with E-state index in [1.807, 2.05) is 13.8 Å². The zero-order valence-electron chi connectivity index (χ0n) is 9.62. The fourth-order valence-corrected chi connectivity index (χ4v) is 2.60. The first-order valence-corrected chi connectivity index (χ1v) is 7.02. The van der Waals surface area contributed by atoms with Gasteiger partial charge in [-0.2, -0.15) is 0 Å². The molecule has 7 heteroatoms. The summed E-state index contributed by atoms with van der Waals surface area (Å²) in [6.45, 7) is 3.85. The molecule has 4 nitrogen and oxygen atoms in total. The molecule has 1 amide bonds. The van der Waals surface area contributed by atoms with E-state index in [-0.39, 0.29) is 11.1 Å². The Labute approximate surface area is 122 Å². The van der Waals surface area contributed by atoms with Crippen LogP contribution in [0.5, 0.6) is 0 Å². The number of hydrogen-bond acceptors (Lipinski definition) is 4. The van der Waals surface area contributed by atoms with Gasteiger partial charge in [0.15, 0.2) is 5.13 Å². The number of anilines is 1. The molecule has 0 aliphatic carbocycles. The predicted molar refractivity (Wildman–Crippen MR) is 76.5 cm³/mol. The van der Waals surface area contributed by atoms with Gasteiger partial charge in [0.25, 0.3) is 5.91 Å². The third kappa shape index (κ3) is 2.88. The van der Waals surface area contributed by atoms with Crippen molar-refractivity contribution in [3.05, 3.63) is 38.0 Å². The minimum Gasteiger partial charge on any atom is -0.298 e. The minimum absolute atomic E-state index is 0.167. The van der Waals surface area contributed by atoms with Crippen molar-refractivity contribution < 1.29 is 4.79 Å². The SMILES string of the molecule is Cc1nc(NC(=O)c2cc(Br)cnc2Cl)sc1C. The van der Waals surface area contributed by atoms with Crippen molar-refractivity contribution >= 4 is 49.9 Å². The maximum absolute atomic E-state index is 12.0. The number of amides is 1. The number of rotatable bonds is 2. The van der Waals surface area contributed by atoms with Crippen LogP contribution >= 0.6 is 38.9 Å². The van der Waals surface area contributed by atoms with Gasteiger partial charge in [-0.1, -0.05) is 11.6 Å². The Balaban J connectivity index is 2.24. The molecule has 0 aliphatic heterocycles. The molecule has 2 rings (SSSR count). The number of pyridine rings is 1. The summed E-state index contributed by atoms with van der Waals surface area (Å²) in [6.07, 6.45) is 1.54. The molecule has 94 valence electrons. The summed E-state index contributed by atoms with van der Waals surface area (Å²) in [6, 6.07) is 1.62. The van der Waals surface area contributed by atoms with Crippen molar-refractivity contribution in [2.75, 3.05) is 5.32 Å². The molecule has 0 saturated carbocycles. The monoisotopic (exact) mass is 345 g/mol. The Morgan fingerprint density at radius 3 is 2.83 bits per heavy atom. The molecule has 0 unspecified atom stereocenters. The Morgan fingerprint density at radius 1 is 1.50 bits per heavy atom. The van der Waals surface area contributed by atoms with E-state index in [4.69, 9.17) is 11.6 Å². The second-order valence-corrected chi connectivity index (χ2v) is 6.08. The summed E-state index contributed by atoms with van der Waals surface area (Å²) in [7, 11) is 0. The number of halogens is 2. The largest absolute Gasteiger partial charge is 0.298 e. The highest BCUT2D eigenvalue weighted by atomic mass is 79.9. The van der Waals surface area contributed by atoms with Gasteiger partial charge in [-0.3, -0.25) is 10.1 Å². The van der Waals surface area contributed by atoms with Crippen LogP contribution in [0.4, 0.5) is 5.13 Å². The van der Waals surface area contributed by atoms with Crippen molar-refractivity contribution in [3.8, 4) is 0 Å². The van der Waals surface area contributed by atoms with E-state index >= 15 is 0 Å². The Hall–Kier alpha value is -0.980. The van der Waals surface area contributed by atoms with Crippen LogP contribution in [-0.4, -0.2) is 15.9 Å². The normalized spacial score (nSPS) is 10.4. The van der Waals surface area contributed by atoms with Crippen LogP contribution in [0, 0.1) is 13.8 Å². The molecular formula is C11H9BrClN3OS. The molecule has 2 aromatic rings. The molecule has 1 N–H and O–H groups in total. The van der Waals surface area contributed by atoms with Crippen LogP contribution < -0.4 is 5.32 Å². The first-order chi connectivity index (χ1) is 8.47. The van der Waals surface area contributed by atoms with Crippen molar-refractivity contribution in [1.29, 1.82) is 0 Å². The second kappa shape index (κ2) is 5.34. The fraction of sp³-hybridized carbons (Fsp3) is 0.182. The average molecular weight is 347 g/mol. The lowest BCUT2D eigenvalue weighted by Gasteiger charge is -2.03. The highest BCUT2D eigenvalue weighted by Crippen LogP contribution is 2.23. The van der Waals surface area contributed by atoms with Gasteiger partial charge in [0, 0.05) is 15.5 Å². The molecule has 2 heterocycles. The Kier molecular flexibility index (Phi) is 3.99. The van der Waals surface area contributed by atoms with Crippen LogP contribution in [0.2, 0.25) is 5.15 Å². The summed E-state index contributed by atoms with van der Waals surface area (Å²) in [5.74, 6) is -0.317. The molecule has 0 bridgehead atoms. The minimum atomic E-state index is -0.317. The number of nitrogens with one attached hydrogen (secondary N) is 1. The van der Waals surface area contributed by atoms with Crippen LogP contribution in [0.25, 0.3) is 0 Å². The lowest BCUT2D eigenvalue weighted by molar-refractivity contribution is 0.102. The van der Waals surface area contributed by atoms with E-state index in [1.54, 1.807) is 6.07 Å². The molecule has 0 atom stereocenters. The zero-order valence-corrected chi connectivity index (χ0v) is 12.8. The smallest absolute Gasteiger partial charge is 0.260 e. The van der Waals surface area contributed by atoms with Gasteiger partial charge in [-0.05, 0) is 35.8 Å². The second-order valence-electron chi connectivity index (χ2n) is 3.61. The van der Waals surface area contributed by atoms with Crippen molar-refractivity contribution in [3.63, 3.8) is 0 Å². The lowest BCUT2D eigenvalue weighted by atomic mass is 10.3. The number of carbonyl (C=O) groups excluding carboxylic acids is 1. The maximum atomic E-state index is 12.0. The van der Waals surface area contributed by atoms with E-state index in [0.717, 1.165) is 10.6 Å². The summed E-state index contributed by atoms with van der Waals surface area (Å²) < 4.78 is 0.698. The molecule has 2 aromatic heterocycles. The molecule has 18 heavy (non-hydrogen) atoms. The zero-order chi connectivity index (χ0) is 13.3. The van der Waals surface area contributed by atoms with E-state index < -0.39 is 0 Å². The molecule has 0 aromatic carbocycles. The first-order valence-electron chi connectivity index (χ1n) is 5.04. The van der Waals surface area contributed by atoms with Gasteiger partial charge in [0.1, 0.15) is 5.15 Å². The number of thiazole rings is 1. The van der Waals surface area contributed by atoms with Crippen molar-refractivity contribution in [1.82, 2.24) is 9.97 Å². The first kappa shape index (κ1) is 13.5. The summed E-state index contributed by atoms with van der Waals surface area (Å²) in [5, 5.41) is 3.44. The molecule has 0 saturated heterocycles. The van der Waals surface area contributed by atoms with Gasteiger partial charge < -0.3 is 0 Å². The molecular weight excluding hydrogens is 338 g/mol. The van der Waals surface area contributed by atoms with Crippen LogP contribution in [0.3, 0.4) is 0 Å². The predicted octanol–water partition coefficient (Wildman–Crippen LogP) is 3.82. The topological polar surface area (TPSA) is 54.9 Å². The quantitative estimate of drug-likeness (QED) is 0.841. The van der Waals surface area contributed by atoms with Crippen molar-refractivity contribution in [2.24, 2.45) is 0 Å². The average Bonchev–Trinajstić information content (AvgIpc) is 2.61. The molecule has 0 spiro atoms. The van der Waals surface area contributed by atoms with E-state index in [2.05, 4.69) is 31.2 Å². The van der Waals surface area contributed by atoms with Gasteiger partial charge in [-0.25, -0.2) is 9.97 Å². The highest BCUT2D eigenvalue weighted by Gasteiger charge is 2.14. The number of nitrogens with zero attached hydrogens (tertiary/aromatic N) is 2. The molecule has 0 radical (unpaired) electrons. The lowest BCUT2D eigenvalue weighted by Crippen LogP contribution is -2.12. The van der Waals surface area contributed by atoms with Gasteiger partial charge >= 0.3 is 0 Å². The van der Waals surface area contributed by atoms with Crippen LogP contribution in [0.15, 0.2) is 16.7 Å². The van der Waals surface area contributed by atoms with E-state index in [1.165, 1.54) is 17.5 Å². The van der Waals surface area contributed by atoms with Crippen LogP contribution in [0.1, 0.15) is 20.9 Å².